The average molecular weight is 227 g/mol. The molecule has 0 aliphatic carbocycles. The molecule has 2 rings (SSSR count). The molecule has 0 aromatic heterocycles. The van der Waals surface area contributed by atoms with Crippen molar-refractivity contribution in [1.82, 2.24) is 4.90 Å². The molecule has 2 fully saturated rings. The quantitative estimate of drug-likeness (QED) is 0.644. The second-order valence-corrected chi connectivity index (χ2v) is 5.73. The average Bonchev–Trinajstić information content (AvgIpc) is 2.58. The first-order valence-electron chi connectivity index (χ1n) is 6.08. The van der Waals surface area contributed by atoms with E-state index in [9.17, 15) is 4.79 Å². The van der Waals surface area contributed by atoms with Gasteiger partial charge in [0, 0.05) is 19.0 Å². The van der Waals surface area contributed by atoms with Gasteiger partial charge in [-0.05, 0) is 40.2 Å². The highest BCUT2D eigenvalue weighted by Crippen LogP contribution is 2.29. The second-order valence-electron chi connectivity index (χ2n) is 5.73. The Kier molecular flexibility index (Phi) is 3.10. The minimum atomic E-state index is -0.529. The van der Waals surface area contributed by atoms with Crippen molar-refractivity contribution in [2.45, 2.75) is 57.8 Å². The fraction of sp³-hybridized carbons (Fsp3) is 0.917. The van der Waals surface area contributed by atoms with Crippen LogP contribution in [0.3, 0.4) is 0 Å². The Labute approximate surface area is 96.9 Å². The first-order chi connectivity index (χ1) is 7.44. The van der Waals surface area contributed by atoms with Gasteiger partial charge in [-0.3, -0.25) is 4.90 Å². The van der Waals surface area contributed by atoms with Crippen LogP contribution in [0.2, 0.25) is 0 Å². The number of hydrogen-bond acceptors (Lipinski definition) is 4. The summed E-state index contributed by atoms with van der Waals surface area (Å²) in [6.07, 6.45) is 3.00. The van der Waals surface area contributed by atoms with Crippen LogP contribution in [0.5, 0.6) is 0 Å². The first kappa shape index (κ1) is 11.7. The van der Waals surface area contributed by atoms with Crippen molar-refractivity contribution in [3.8, 4) is 0 Å². The molecule has 0 saturated carbocycles. The maximum absolute atomic E-state index is 11.5. The monoisotopic (exact) mass is 227 g/mol. The largest absolute Gasteiger partial charge is 0.509 e. The summed E-state index contributed by atoms with van der Waals surface area (Å²) in [4.78, 5) is 13.9. The summed E-state index contributed by atoms with van der Waals surface area (Å²) in [5.41, 5.74) is -0.466. The highest BCUT2D eigenvalue weighted by Gasteiger charge is 2.37. The molecule has 2 atom stereocenters. The Balaban J connectivity index is 1.77. The second kappa shape index (κ2) is 4.24. The number of carbonyl (C=O) groups is 1. The normalized spacial score (nSPS) is 30.2. The molecule has 4 heteroatoms. The molecule has 0 amide bonds. The van der Waals surface area contributed by atoms with Crippen LogP contribution < -0.4 is 0 Å². The summed E-state index contributed by atoms with van der Waals surface area (Å²) >= 11 is 0. The maximum atomic E-state index is 11.5. The molecule has 92 valence electrons. The fourth-order valence-electron chi connectivity index (χ4n) is 2.54. The Morgan fingerprint density at radius 3 is 2.75 bits per heavy atom. The van der Waals surface area contributed by atoms with Crippen molar-refractivity contribution in [3.05, 3.63) is 0 Å². The molecule has 0 bridgehead atoms. The Morgan fingerprint density at radius 2 is 2.12 bits per heavy atom. The lowest BCUT2D eigenvalue weighted by Crippen LogP contribution is -2.29. The van der Waals surface area contributed by atoms with Crippen LogP contribution in [0.4, 0.5) is 4.79 Å². The van der Waals surface area contributed by atoms with Gasteiger partial charge in [-0.1, -0.05) is 0 Å². The van der Waals surface area contributed by atoms with E-state index in [0.29, 0.717) is 6.04 Å². The van der Waals surface area contributed by atoms with E-state index in [0.717, 1.165) is 19.5 Å². The van der Waals surface area contributed by atoms with E-state index in [4.69, 9.17) is 9.47 Å². The molecular weight excluding hydrogens is 206 g/mol. The standard InChI is InChI=1S/C12H21NO3/c1-12(2,3)16-11(14)15-10-7-9-5-4-6-13(9)8-10/h9-10H,4-8H2,1-3H3. The van der Waals surface area contributed by atoms with Gasteiger partial charge in [0.2, 0.25) is 0 Å². The van der Waals surface area contributed by atoms with E-state index in [1.165, 1.54) is 12.8 Å². The van der Waals surface area contributed by atoms with Crippen LogP contribution in [-0.4, -0.2) is 41.9 Å². The number of carbonyl (C=O) groups excluding carboxylic acids is 1. The first-order valence-corrected chi connectivity index (χ1v) is 6.08. The van der Waals surface area contributed by atoms with Gasteiger partial charge in [0.1, 0.15) is 11.7 Å². The molecule has 0 N–H and O–H groups in total. The molecule has 2 aliphatic rings. The smallest absolute Gasteiger partial charge is 0.430 e. The number of nitrogens with zero attached hydrogens (tertiary/aromatic N) is 1. The van der Waals surface area contributed by atoms with Crippen molar-refractivity contribution >= 4 is 6.16 Å². The number of rotatable bonds is 1. The number of hydrogen-bond donors (Lipinski definition) is 0. The fourth-order valence-corrected chi connectivity index (χ4v) is 2.54. The summed E-state index contributed by atoms with van der Waals surface area (Å²) in [7, 11) is 0. The Bertz CT molecular complexity index is 260. The van der Waals surface area contributed by atoms with Gasteiger partial charge in [0.25, 0.3) is 0 Å². The lowest BCUT2D eigenvalue weighted by atomic mass is 10.1. The predicted molar refractivity (Wildman–Crippen MR) is 60.3 cm³/mol. The van der Waals surface area contributed by atoms with Crippen LogP contribution in [0.1, 0.15) is 40.0 Å². The van der Waals surface area contributed by atoms with Crippen LogP contribution in [0.25, 0.3) is 0 Å². The SMILES string of the molecule is CC(C)(C)OC(=O)OC1CC2CCCN2C1. The van der Waals surface area contributed by atoms with Gasteiger partial charge in [0.15, 0.2) is 0 Å². The third-order valence-corrected chi connectivity index (χ3v) is 3.12. The minimum Gasteiger partial charge on any atom is -0.430 e. The topological polar surface area (TPSA) is 38.8 Å². The van der Waals surface area contributed by atoms with Gasteiger partial charge in [-0.25, -0.2) is 4.79 Å². The van der Waals surface area contributed by atoms with Gasteiger partial charge in [-0.2, -0.15) is 0 Å². The van der Waals surface area contributed by atoms with Crippen LogP contribution in [-0.2, 0) is 9.47 Å². The van der Waals surface area contributed by atoms with Crippen molar-refractivity contribution < 1.29 is 14.3 Å². The van der Waals surface area contributed by atoms with E-state index in [1.54, 1.807) is 0 Å². The summed E-state index contributed by atoms with van der Waals surface area (Å²) < 4.78 is 10.5. The molecule has 0 aromatic carbocycles. The summed E-state index contributed by atoms with van der Waals surface area (Å²) in [5, 5.41) is 0. The molecule has 2 aliphatic heterocycles. The Hall–Kier alpha value is -0.770. The van der Waals surface area contributed by atoms with E-state index in [-0.39, 0.29) is 6.10 Å². The third-order valence-electron chi connectivity index (χ3n) is 3.12. The highest BCUT2D eigenvalue weighted by atomic mass is 16.7. The maximum Gasteiger partial charge on any atom is 0.509 e. The predicted octanol–water partition coefficient (Wildman–Crippen LogP) is 2.17. The summed E-state index contributed by atoms with van der Waals surface area (Å²) in [5.74, 6) is 0. The van der Waals surface area contributed by atoms with Crippen molar-refractivity contribution in [1.29, 1.82) is 0 Å². The number of ether oxygens (including phenoxy) is 2. The van der Waals surface area contributed by atoms with E-state index in [1.807, 2.05) is 20.8 Å². The molecule has 0 aromatic rings. The van der Waals surface area contributed by atoms with Gasteiger partial charge in [-0.15, -0.1) is 0 Å². The molecule has 2 unspecified atom stereocenters. The zero-order chi connectivity index (χ0) is 11.8. The van der Waals surface area contributed by atoms with Gasteiger partial charge >= 0.3 is 6.16 Å². The molecular formula is C12H21NO3. The van der Waals surface area contributed by atoms with Crippen LogP contribution in [0.15, 0.2) is 0 Å². The lowest BCUT2D eigenvalue weighted by Gasteiger charge is -2.21. The molecule has 0 spiro atoms. The van der Waals surface area contributed by atoms with E-state index >= 15 is 0 Å². The summed E-state index contributed by atoms with van der Waals surface area (Å²) in [6, 6.07) is 0.632. The molecule has 16 heavy (non-hydrogen) atoms. The van der Waals surface area contributed by atoms with Crippen LogP contribution >= 0.6 is 0 Å². The lowest BCUT2D eigenvalue weighted by molar-refractivity contribution is -0.0248. The highest BCUT2D eigenvalue weighted by molar-refractivity contribution is 5.60. The zero-order valence-corrected chi connectivity index (χ0v) is 10.4. The van der Waals surface area contributed by atoms with Crippen molar-refractivity contribution in [2.24, 2.45) is 0 Å². The Morgan fingerprint density at radius 1 is 1.38 bits per heavy atom. The van der Waals surface area contributed by atoms with Crippen molar-refractivity contribution in [3.63, 3.8) is 0 Å². The van der Waals surface area contributed by atoms with E-state index in [2.05, 4.69) is 4.90 Å². The third kappa shape index (κ3) is 2.88. The summed E-state index contributed by atoms with van der Waals surface area (Å²) in [6.45, 7) is 7.58. The number of fused-ring (bicyclic) bond motifs is 1. The molecule has 0 radical (unpaired) electrons. The molecule has 4 nitrogen and oxygen atoms in total. The van der Waals surface area contributed by atoms with E-state index < -0.39 is 11.8 Å². The van der Waals surface area contributed by atoms with Crippen molar-refractivity contribution in [2.75, 3.05) is 13.1 Å². The van der Waals surface area contributed by atoms with Crippen LogP contribution in [0, 0.1) is 0 Å². The zero-order valence-electron chi connectivity index (χ0n) is 10.4. The minimum absolute atomic E-state index is 0.0279. The van der Waals surface area contributed by atoms with Gasteiger partial charge < -0.3 is 9.47 Å². The van der Waals surface area contributed by atoms with Gasteiger partial charge in [0.05, 0.1) is 0 Å². The molecule has 2 heterocycles. The molecule has 2 saturated heterocycles.